The number of cyclic esters (lactones) is 1. The van der Waals surface area contributed by atoms with Crippen LogP contribution in [0.5, 0.6) is 0 Å². The first-order chi connectivity index (χ1) is 15.7. The Morgan fingerprint density at radius 1 is 1.06 bits per heavy atom. The van der Waals surface area contributed by atoms with E-state index in [0.717, 1.165) is 61.5 Å². The summed E-state index contributed by atoms with van der Waals surface area (Å²) in [6.45, 7) is 3.74. The van der Waals surface area contributed by atoms with E-state index in [0.29, 0.717) is 12.2 Å². The number of carbonyl (C=O) groups excluding carboxylic acids is 1. The average Bonchev–Trinajstić information content (AvgIpc) is 3.26. The van der Waals surface area contributed by atoms with Crippen LogP contribution < -0.4 is 4.90 Å². The van der Waals surface area contributed by atoms with Gasteiger partial charge in [0.25, 0.3) is 0 Å². The number of fused-ring (bicyclic) bond motifs is 1. The van der Waals surface area contributed by atoms with E-state index in [9.17, 15) is 4.79 Å². The predicted molar refractivity (Wildman–Crippen MR) is 120 cm³/mol. The van der Waals surface area contributed by atoms with E-state index in [2.05, 4.69) is 20.5 Å². The number of imidazole rings is 1. The zero-order valence-corrected chi connectivity index (χ0v) is 17.9. The van der Waals surface area contributed by atoms with E-state index in [1.807, 2.05) is 66.0 Å². The number of anilines is 1. The number of nitrogens with zero attached hydrogens (tertiary/aromatic N) is 5. The van der Waals surface area contributed by atoms with E-state index >= 15 is 0 Å². The first-order valence-electron chi connectivity index (χ1n) is 11.0. The van der Waals surface area contributed by atoms with Crippen molar-refractivity contribution in [3.8, 4) is 6.07 Å². The quantitative estimate of drug-likeness (QED) is 0.617. The lowest BCUT2D eigenvalue weighted by atomic mass is 10.0. The second-order valence-electron chi connectivity index (χ2n) is 8.38. The van der Waals surface area contributed by atoms with Gasteiger partial charge < -0.3 is 9.30 Å². The van der Waals surface area contributed by atoms with Gasteiger partial charge in [-0.15, -0.1) is 0 Å². The van der Waals surface area contributed by atoms with Crippen LogP contribution in [0.2, 0.25) is 0 Å². The lowest BCUT2D eigenvalue weighted by Gasteiger charge is -2.40. The number of aromatic nitrogens is 2. The van der Waals surface area contributed by atoms with Crippen LogP contribution in [0.25, 0.3) is 0 Å². The standard InChI is InChI=1S/C25H25N5O2/c26-13-19-5-7-20(8-6-19)15-29-18-27-14-23(29)16-28-11-9-22(10-12-28)30-24-4-2-1-3-21(24)17-32-25(30)31/h1-8,14,18,22H,9-12,15-17H2. The molecule has 3 heterocycles. The third kappa shape index (κ3) is 4.10. The SMILES string of the molecule is N#Cc1ccc(Cn2cncc2CN2CCC(N3C(=O)OCc4ccccc43)CC2)cc1. The molecule has 0 atom stereocenters. The van der Waals surface area contributed by atoms with Crippen LogP contribution >= 0.6 is 0 Å². The average molecular weight is 428 g/mol. The first-order valence-corrected chi connectivity index (χ1v) is 11.0. The van der Waals surface area contributed by atoms with Crippen LogP contribution in [-0.2, 0) is 24.4 Å². The second kappa shape index (κ2) is 8.85. The van der Waals surface area contributed by atoms with Gasteiger partial charge in [0, 0.05) is 44.0 Å². The van der Waals surface area contributed by atoms with Crippen molar-refractivity contribution in [2.24, 2.45) is 0 Å². The molecule has 0 radical (unpaired) electrons. The van der Waals surface area contributed by atoms with Gasteiger partial charge in [-0.05, 0) is 36.6 Å². The number of amides is 1. The smallest absolute Gasteiger partial charge is 0.414 e. The Morgan fingerprint density at radius 3 is 2.62 bits per heavy atom. The van der Waals surface area contributed by atoms with E-state index in [1.54, 1.807) is 0 Å². The number of nitriles is 1. The molecule has 2 aromatic carbocycles. The van der Waals surface area contributed by atoms with Crippen LogP contribution in [0.15, 0.2) is 61.1 Å². The molecule has 162 valence electrons. The molecular formula is C25H25N5O2. The second-order valence-corrected chi connectivity index (χ2v) is 8.38. The lowest BCUT2D eigenvalue weighted by Crippen LogP contribution is -2.49. The molecule has 7 heteroatoms. The lowest BCUT2D eigenvalue weighted by molar-refractivity contribution is 0.131. The van der Waals surface area contributed by atoms with Crippen LogP contribution in [-0.4, -0.2) is 39.7 Å². The van der Waals surface area contributed by atoms with Gasteiger partial charge in [-0.1, -0.05) is 30.3 Å². The minimum absolute atomic E-state index is 0.156. The molecule has 2 aliphatic heterocycles. The number of carbonyl (C=O) groups is 1. The van der Waals surface area contributed by atoms with Gasteiger partial charge in [-0.3, -0.25) is 9.80 Å². The van der Waals surface area contributed by atoms with Gasteiger partial charge in [0.1, 0.15) is 6.61 Å². The number of benzene rings is 2. The highest BCUT2D eigenvalue weighted by Gasteiger charge is 2.34. The van der Waals surface area contributed by atoms with Crippen molar-refractivity contribution in [2.45, 2.75) is 38.6 Å². The summed E-state index contributed by atoms with van der Waals surface area (Å²) < 4.78 is 7.57. The Balaban J connectivity index is 1.22. The minimum Gasteiger partial charge on any atom is -0.444 e. The summed E-state index contributed by atoms with van der Waals surface area (Å²) >= 11 is 0. The largest absolute Gasteiger partial charge is 0.444 e. The van der Waals surface area contributed by atoms with Gasteiger partial charge in [-0.2, -0.15) is 5.26 Å². The summed E-state index contributed by atoms with van der Waals surface area (Å²) in [7, 11) is 0. The van der Waals surface area contributed by atoms with Crippen molar-refractivity contribution >= 4 is 11.8 Å². The monoisotopic (exact) mass is 427 g/mol. The highest BCUT2D eigenvalue weighted by Crippen LogP contribution is 2.32. The molecule has 0 saturated carbocycles. The van der Waals surface area contributed by atoms with E-state index < -0.39 is 0 Å². The van der Waals surface area contributed by atoms with E-state index in [1.165, 1.54) is 0 Å². The number of rotatable bonds is 5. The Kier molecular flexibility index (Phi) is 5.61. The topological polar surface area (TPSA) is 74.4 Å². The number of ether oxygens (including phenoxy) is 1. The predicted octanol–water partition coefficient (Wildman–Crippen LogP) is 3.92. The van der Waals surface area contributed by atoms with Crippen LogP contribution in [0, 0.1) is 11.3 Å². The summed E-state index contributed by atoms with van der Waals surface area (Å²) in [6.07, 6.45) is 5.37. The summed E-state index contributed by atoms with van der Waals surface area (Å²) in [4.78, 5) is 21.1. The number of piperidine rings is 1. The van der Waals surface area contributed by atoms with Crippen molar-refractivity contribution in [3.05, 3.63) is 83.4 Å². The summed E-state index contributed by atoms with van der Waals surface area (Å²) in [5, 5.41) is 8.98. The molecule has 3 aromatic rings. The highest BCUT2D eigenvalue weighted by molar-refractivity contribution is 5.91. The first kappa shape index (κ1) is 20.3. The zero-order chi connectivity index (χ0) is 21.9. The molecule has 1 fully saturated rings. The zero-order valence-electron chi connectivity index (χ0n) is 17.9. The molecule has 7 nitrogen and oxygen atoms in total. The van der Waals surface area contributed by atoms with Crippen LogP contribution in [0.3, 0.4) is 0 Å². The maximum atomic E-state index is 12.5. The minimum atomic E-state index is -0.234. The van der Waals surface area contributed by atoms with Gasteiger partial charge in [0.2, 0.25) is 0 Å². The molecule has 0 unspecified atom stereocenters. The number of hydrogen-bond donors (Lipinski definition) is 0. The summed E-state index contributed by atoms with van der Waals surface area (Å²) in [6, 6.07) is 18.0. The van der Waals surface area contributed by atoms with Crippen LogP contribution in [0.1, 0.15) is 35.2 Å². The summed E-state index contributed by atoms with van der Waals surface area (Å²) in [5.41, 5.74) is 5.03. The fourth-order valence-electron chi connectivity index (χ4n) is 4.59. The maximum Gasteiger partial charge on any atom is 0.414 e. The molecule has 1 aromatic heterocycles. The molecule has 32 heavy (non-hydrogen) atoms. The Bertz CT molecular complexity index is 1140. The highest BCUT2D eigenvalue weighted by atomic mass is 16.6. The molecule has 2 aliphatic rings. The molecule has 0 aliphatic carbocycles. The third-order valence-electron chi connectivity index (χ3n) is 6.34. The van der Waals surface area contributed by atoms with E-state index in [-0.39, 0.29) is 12.1 Å². The molecule has 0 spiro atoms. The van der Waals surface area contributed by atoms with Gasteiger partial charge in [0.15, 0.2) is 0 Å². The fourth-order valence-corrected chi connectivity index (χ4v) is 4.59. The van der Waals surface area contributed by atoms with E-state index in [4.69, 9.17) is 10.00 Å². The van der Waals surface area contributed by atoms with Gasteiger partial charge in [0.05, 0.1) is 29.3 Å². The van der Waals surface area contributed by atoms with Crippen molar-refractivity contribution in [2.75, 3.05) is 18.0 Å². The van der Waals surface area contributed by atoms with Crippen molar-refractivity contribution < 1.29 is 9.53 Å². The Hall–Kier alpha value is -3.63. The molecule has 5 rings (SSSR count). The maximum absolute atomic E-state index is 12.5. The Morgan fingerprint density at radius 2 is 1.84 bits per heavy atom. The Labute approximate surface area is 187 Å². The van der Waals surface area contributed by atoms with Crippen LogP contribution in [0.4, 0.5) is 10.5 Å². The molecule has 1 amide bonds. The molecule has 1 saturated heterocycles. The number of hydrogen-bond acceptors (Lipinski definition) is 5. The normalized spacial score (nSPS) is 17.0. The van der Waals surface area contributed by atoms with Crippen molar-refractivity contribution in [1.29, 1.82) is 5.26 Å². The fraction of sp³-hybridized carbons (Fsp3) is 0.320. The molecule has 0 bridgehead atoms. The number of para-hydroxylation sites is 1. The molecule has 0 N–H and O–H groups in total. The number of likely N-dealkylation sites (tertiary alicyclic amines) is 1. The van der Waals surface area contributed by atoms with Gasteiger partial charge >= 0.3 is 6.09 Å². The van der Waals surface area contributed by atoms with Crippen molar-refractivity contribution in [3.63, 3.8) is 0 Å². The molecular weight excluding hydrogens is 402 g/mol. The van der Waals surface area contributed by atoms with Gasteiger partial charge in [-0.25, -0.2) is 9.78 Å². The summed E-state index contributed by atoms with van der Waals surface area (Å²) in [5.74, 6) is 0. The third-order valence-corrected chi connectivity index (χ3v) is 6.34. The van der Waals surface area contributed by atoms with Crippen molar-refractivity contribution in [1.82, 2.24) is 14.5 Å².